The zero-order chi connectivity index (χ0) is 11.4. The van der Waals surface area contributed by atoms with Gasteiger partial charge in [-0.3, -0.25) is 0 Å². The number of pyridine rings is 1. The van der Waals surface area contributed by atoms with Gasteiger partial charge in [-0.2, -0.15) is 0 Å². The van der Waals surface area contributed by atoms with Gasteiger partial charge in [0.25, 0.3) is 0 Å². The number of nitrogens with zero attached hydrogens (tertiary/aromatic N) is 2. The van der Waals surface area contributed by atoms with Crippen molar-refractivity contribution in [3.8, 4) is 0 Å². The van der Waals surface area contributed by atoms with E-state index < -0.39 is 0 Å². The summed E-state index contributed by atoms with van der Waals surface area (Å²) in [6, 6.07) is 4.19. The second-order valence-corrected chi connectivity index (χ2v) is 5.02. The van der Waals surface area contributed by atoms with Crippen LogP contribution in [0.2, 0.25) is 0 Å². The molecule has 0 saturated heterocycles. The van der Waals surface area contributed by atoms with Crippen LogP contribution in [0.3, 0.4) is 0 Å². The van der Waals surface area contributed by atoms with E-state index in [1.807, 2.05) is 6.20 Å². The summed E-state index contributed by atoms with van der Waals surface area (Å²) < 4.78 is 1.30. The van der Waals surface area contributed by atoms with Crippen LogP contribution in [0.15, 0.2) is 23.7 Å². The molecule has 0 aromatic carbocycles. The summed E-state index contributed by atoms with van der Waals surface area (Å²) in [5.74, 6) is 1.01. The maximum absolute atomic E-state index is 4.38. The third-order valence-corrected chi connectivity index (χ3v) is 3.34. The molecule has 0 saturated carbocycles. The number of rotatable bonds is 5. The number of hydrogen-bond acceptors (Lipinski definition) is 4. The highest BCUT2D eigenvalue weighted by atomic mass is 32.1. The average Bonchev–Trinajstić information content (AvgIpc) is 2.72. The van der Waals surface area contributed by atoms with Gasteiger partial charge in [0, 0.05) is 22.8 Å². The third-order valence-electron chi connectivity index (χ3n) is 2.45. The lowest BCUT2D eigenvalue weighted by Crippen LogP contribution is -2.16. The van der Waals surface area contributed by atoms with Gasteiger partial charge in [0.2, 0.25) is 0 Å². The van der Waals surface area contributed by atoms with Crippen LogP contribution < -0.4 is 5.32 Å². The number of fused-ring (bicyclic) bond motifs is 1. The maximum atomic E-state index is 4.38. The van der Waals surface area contributed by atoms with Gasteiger partial charge in [-0.1, -0.05) is 0 Å². The minimum atomic E-state index is 0.972. The summed E-state index contributed by atoms with van der Waals surface area (Å²) in [6.45, 7) is 2.08. The predicted molar refractivity (Wildman–Crippen MR) is 71.3 cm³/mol. The van der Waals surface area contributed by atoms with Crippen molar-refractivity contribution in [2.75, 3.05) is 32.5 Å². The highest BCUT2D eigenvalue weighted by Gasteiger charge is 2.02. The van der Waals surface area contributed by atoms with Gasteiger partial charge in [-0.05, 0) is 44.6 Å². The molecule has 0 aliphatic rings. The molecule has 2 rings (SSSR count). The topological polar surface area (TPSA) is 28.2 Å². The molecule has 16 heavy (non-hydrogen) atoms. The van der Waals surface area contributed by atoms with Gasteiger partial charge >= 0.3 is 0 Å². The van der Waals surface area contributed by atoms with Crippen molar-refractivity contribution < 1.29 is 0 Å². The molecule has 0 amide bonds. The van der Waals surface area contributed by atoms with Gasteiger partial charge in [0.15, 0.2) is 0 Å². The molecule has 2 heterocycles. The third kappa shape index (κ3) is 2.71. The first-order chi connectivity index (χ1) is 7.77. The van der Waals surface area contributed by atoms with Crippen LogP contribution in [0.5, 0.6) is 0 Å². The second kappa shape index (κ2) is 5.27. The largest absolute Gasteiger partial charge is 0.369 e. The summed E-state index contributed by atoms with van der Waals surface area (Å²) >= 11 is 1.76. The van der Waals surface area contributed by atoms with Gasteiger partial charge in [-0.25, -0.2) is 4.98 Å². The molecule has 0 atom stereocenters. The lowest BCUT2D eigenvalue weighted by Gasteiger charge is -2.10. The minimum absolute atomic E-state index is 0.972. The van der Waals surface area contributed by atoms with Crippen LogP contribution >= 0.6 is 11.3 Å². The Balaban J connectivity index is 1.96. The summed E-state index contributed by atoms with van der Waals surface area (Å²) in [5, 5.41) is 6.74. The van der Waals surface area contributed by atoms with E-state index in [-0.39, 0.29) is 0 Å². The zero-order valence-electron chi connectivity index (χ0n) is 9.73. The quantitative estimate of drug-likeness (QED) is 0.808. The van der Waals surface area contributed by atoms with Crippen LogP contribution in [-0.4, -0.2) is 37.1 Å². The Hall–Kier alpha value is -1.13. The standard InChI is InChI=1S/C12H17N3S/c1-15(2)8-3-6-13-12-10-5-9-16-11(10)4-7-14-12/h4-5,7,9H,3,6,8H2,1-2H3,(H,13,14). The molecule has 2 aromatic rings. The summed E-state index contributed by atoms with van der Waals surface area (Å²) in [6.07, 6.45) is 3.00. The normalized spacial score (nSPS) is 11.2. The van der Waals surface area contributed by atoms with Crippen LogP contribution in [0.4, 0.5) is 5.82 Å². The predicted octanol–water partition coefficient (Wildman–Crippen LogP) is 2.66. The van der Waals surface area contributed by atoms with Crippen molar-refractivity contribution >= 4 is 27.2 Å². The van der Waals surface area contributed by atoms with Crippen molar-refractivity contribution in [2.45, 2.75) is 6.42 Å². The first kappa shape index (κ1) is 11.4. The molecule has 2 aromatic heterocycles. The Bertz CT molecular complexity index is 450. The van der Waals surface area contributed by atoms with Crippen molar-refractivity contribution in [3.63, 3.8) is 0 Å². The van der Waals surface area contributed by atoms with E-state index in [9.17, 15) is 0 Å². The number of anilines is 1. The smallest absolute Gasteiger partial charge is 0.134 e. The molecule has 0 bridgehead atoms. The Morgan fingerprint density at radius 1 is 1.38 bits per heavy atom. The molecule has 0 aliphatic carbocycles. The zero-order valence-corrected chi connectivity index (χ0v) is 10.5. The van der Waals surface area contributed by atoms with Gasteiger partial charge in [0.05, 0.1) is 0 Å². The van der Waals surface area contributed by atoms with Crippen LogP contribution in [-0.2, 0) is 0 Å². The van der Waals surface area contributed by atoms with E-state index in [2.05, 4.69) is 46.8 Å². The van der Waals surface area contributed by atoms with Crippen molar-refractivity contribution in [3.05, 3.63) is 23.7 Å². The molecule has 3 nitrogen and oxygen atoms in total. The van der Waals surface area contributed by atoms with E-state index >= 15 is 0 Å². The van der Waals surface area contributed by atoms with Gasteiger partial charge < -0.3 is 10.2 Å². The van der Waals surface area contributed by atoms with E-state index in [4.69, 9.17) is 0 Å². The Morgan fingerprint density at radius 3 is 3.06 bits per heavy atom. The molecular weight excluding hydrogens is 218 g/mol. The van der Waals surface area contributed by atoms with Gasteiger partial charge in [0.1, 0.15) is 5.82 Å². The van der Waals surface area contributed by atoms with Crippen LogP contribution in [0, 0.1) is 0 Å². The molecule has 1 N–H and O–H groups in total. The van der Waals surface area contributed by atoms with E-state index in [1.165, 1.54) is 10.1 Å². The maximum Gasteiger partial charge on any atom is 0.134 e. The lowest BCUT2D eigenvalue weighted by molar-refractivity contribution is 0.405. The number of hydrogen-bond donors (Lipinski definition) is 1. The summed E-state index contributed by atoms with van der Waals surface area (Å²) in [4.78, 5) is 6.57. The molecule has 4 heteroatoms. The Morgan fingerprint density at radius 2 is 2.25 bits per heavy atom. The molecule has 86 valence electrons. The Kier molecular flexibility index (Phi) is 3.74. The van der Waals surface area contributed by atoms with Gasteiger partial charge in [-0.15, -0.1) is 11.3 Å². The minimum Gasteiger partial charge on any atom is -0.369 e. The molecule has 0 fully saturated rings. The second-order valence-electron chi connectivity index (χ2n) is 4.08. The monoisotopic (exact) mass is 235 g/mol. The van der Waals surface area contributed by atoms with Crippen LogP contribution in [0.1, 0.15) is 6.42 Å². The molecule has 0 unspecified atom stereocenters. The first-order valence-corrected chi connectivity index (χ1v) is 6.36. The average molecular weight is 235 g/mol. The number of thiophene rings is 1. The molecule has 0 radical (unpaired) electrons. The highest BCUT2D eigenvalue weighted by Crippen LogP contribution is 2.25. The van der Waals surface area contributed by atoms with Crippen molar-refractivity contribution in [2.24, 2.45) is 0 Å². The van der Waals surface area contributed by atoms with E-state index in [0.29, 0.717) is 0 Å². The fourth-order valence-electron chi connectivity index (χ4n) is 1.64. The summed E-state index contributed by atoms with van der Waals surface area (Å²) in [7, 11) is 4.19. The van der Waals surface area contributed by atoms with Crippen molar-refractivity contribution in [1.29, 1.82) is 0 Å². The van der Waals surface area contributed by atoms with Crippen molar-refractivity contribution in [1.82, 2.24) is 9.88 Å². The molecule has 0 spiro atoms. The molecular formula is C12H17N3S. The lowest BCUT2D eigenvalue weighted by atomic mass is 10.3. The SMILES string of the molecule is CN(C)CCCNc1nccc2sccc12. The number of nitrogens with one attached hydrogen (secondary N) is 1. The van der Waals surface area contributed by atoms with Crippen LogP contribution in [0.25, 0.3) is 10.1 Å². The van der Waals surface area contributed by atoms with E-state index in [0.717, 1.165) is 25.3 Å². The first-order valence-electron chi connectivity index (χ1n) is 5.48. The molecule has 0 aliphatic heterocycles. The number of aromatic nitrogens is 1. The summed E-state index contributed by atoms with van der Waals surface area (Å²) in [5.41, 5.74) is 0. The fourth-order valence-corrected chi connectivity index (χ4v) is 2.42. The Labute approximate surface area is 100 Å². The fraction of sp³-hybridized carbons (Fsp3) is 0.417. The highest BCUT2D eigenvalue weighted by molar-refractivity contribution is 7.17. The van der Waals surface area contributed by atoms with E-state index in [1.54, 1.807) is 11.3 Å².